The van der Waals surface area contributed by atoms with Crippen LogP contribution in [0.5, 0.6) is 5.75 Å². The van der Waals surface area contributed by atoms with Gasteiger partial charge in [0.25, 0.3) is 0 Å². The summed E-state index contributed by atoms with van der Waals surface area (Å²) in [7, 11) is 3.20. The summed E-state index contributed by atoms with van der Waals surface area (Å²) in [4.78, 5) is 13.8. The molecule has 0 saturated heterocycles. The molecule has 4 nitrogen and oxygen atoms in total. The second-order valence-corrected chi connectivity index (χ2v) is 5.86. The fourth-order valence-electron chi connectivity index (χ4n) is 2.28. The molecule has 0 atom stereocenters. The van der Waals surface area contributed by atoms with Crippen molar-refractivity contribution in [2.45, 2.75) is 20.0 Å². The van der Waals surface area contributed by atoms with Crippen molar-refractivity contribution < 1.29 is 14.3 Å². The van der Waals surface area contributed by atoms with E-state index in [2.05, 4.69) is 4.74 Å². The van der Waals surface area contributed by atoms with Crippen molar-refractivity contribution in [3.8, 4) is 5.75 Å². The Morgan fingerprint density at radius 1 is 1.12 bits per heavy atom. The number of carbonyl (C=O) groups is 1. The highest BCUT2D eigenvalue weighted by molar-refractivity contribution is 7.80. The van der Waals surface area contributed by atoms with Crippen molar-refractivity contribution in [3.05, 3.63) is 59.7 Å². The van der Waals surface area contributed by atoms with Gasteiger partial charge in [0.1, 0.15) is 12.4 Å². The van der Waals surface area contributed by atoms with E-state index < -0.39 is 0 Å². The summed E-state index contributed by atoms with van der Waals surface area (Å²) >= 11 is 5.34. The standard InChI is InChI=1S/C19H21NO3S/c1-14-8-4-7-11-17(14)23-13-15-9-5-6-10-16(15)20(2)18(24)12-19(21)22-3/h4-11H,12-13H2,1-3H3. The van der Waals surface area contributed by atoms with Crippen LogP contribution in [0, 0.1) is 6.92 Å². The lowest BCUT2D eigenvalue weighted by atomic mass is 10.1. The van der Waals surface area contributed by atoms with Gasteiger partial charge in [0.2, 0.25) is 0 Å². The molecule has 0 aliphatic rings. The zero-order chi connectivity index (χ0) is 17.5. The largest absolute Gasteiger partial charge is 0.489 e. The molecule has 0 N–H and O–H groups in total. The summed E-state index contributed by atoms with van der Waals surface area (Å²) in [6.45, 7) is 2.44. The van der Waals surface area contributed by atoms with Crippen LogP contribution in [-0.4, -0.2) is 25.1 Å². The predicted octanol–water partition coefficient (Wildman–Crippen LogP) is 3.90. The fraction of sp³-hybridized carbons (Fsp3) is 0.263. The number of aryl methyl sites for hydroxylation is 1. The molecule has 2 rings (SSSR count). The summed E-state index contributed by atoms with van der Waals surface area (Å²) in [6.07, 6.45) is 0.0787. The molecule has 0 aliphatic carbocycles. The predicted molar refractivity (Wildman–Crippen MR) is 99.6 cm³/mol. The second-order valence-electron chi connectivity index (χ2n) is 5.39. The van der Waals surface area contributed by atoms with Crippen LogP contribution in [0.25, 0.3) is 0 Å². The fourth-order valence-corrected chi connectivity index (χ4v) is 2.50. The van der Waals surface area contributed by atoms with Crippen LogP contribution in [0.2, 0.25) is 0 Å². The van der Waals surface area contributed by atoms with Gasteiger partial charge < -0.3 is 14.4 Å². The maximum absolute atomic E-state index is 11.4. The topological polar surface area (TPSA) is 38.8 Å². The number of esters is 1. The van der Waals surface area contributed by atoms with Gasteiger partial charge >= 0.3 is 5.97 Å². The molecule has 0 spiro atoms. The molecular weight excluding hydrogens is 322 g/mol. The van der Waals surface area contributed by atoms with Crippen molar-refractivity contribution in [1.29, 1.82) is 0 Å². The Morgan fingerprint density at radius 3 is 2.50 bits per heavy atom. The number of para-hydroxylation sites is 2. The zero-order valence-electron chi connectivity index (χ0n) is 14.1. The third-order valence-corrected chi connectivity index (χ3v) is 4.15. The number of hydrogen-bond acceptors (Lipinski definition) is 4. The van der Waals surface area contributed by atoms with Gasteiger partial charge in [-0.15, -0.1) is 0 Å². The molecule has 2 aromatic rings. The van der Waals surface area contributed by atoms with Crippen LogP contribution in [0.15, 0.2) is 48.5 Å². The van der Waals surface area contributed by atoms with E-state index in [1.807, 2.05) is 67.4 Å². The number of anilines is 1. The molecule has 0 heterocycles. The summed E-state index contributed by atoms with van der Waals surface area (Å²) in [5, 5.41) is 0. The number of ether oxygens (including phenoxy) is 2. The van der Waals surface area contributed by atoms with Gasteiger partial charge in [0.15, 0.2) is 0 Å². The van der Waals surface area contributed by atoms with Crippen molar-refractivity contribution in [2.24, 2.45) is 0 Å². The monoisotopic (exact) mass is 343 g/mol. The number of methoxy groups -OCH3 is 1. The first kappa shape index (κ1) is 17.9. The van der Waals surface area contributed by atoms with Crippen molar-refractivity contribution in [1.82, 2.24) is 0 Å². The molecule has 2 aromatic carbocycles. The third-order valence-electron chi connectivity index (χ3n) is 3.73. The van der Waals surface area contributed by atoms with Crippen LogP contribution in [0.4, 0.5) is 5.69 Å². The van der Waals surface area contributed by atoms with Crippen LogP contribution >= 0.6 is 12.2 Å². The maximum atomic E-state index is 11.4. The quantitative estimate of drug-likeness (QED) is 0.587. The highest BCUT2D eigenvalue weighted by Gasteiger charge is 2.15. The lowest BCUT2D eigenvalue weighted by molar-refractivity contribution is -0.139. The van der Waals surface area contributed by atoms with E-state index in [4.69, 9.17) is 17.0 Å². The minimum atomic E-state index is -0.347. The van der Waals surface area contributed by atoms with Gasteiger partial charge in [-0.1, -0.05) is 48.6 Å². The maximum Gasteiger partial charge on any atom is 0.312 e. The number of nitrogens with zero attached hydrogens (tertiary/aromatic N) is 1. The molecule has 0 amide bonds. The van der Waals surface area contributed by atoms with E-state index >= 15 is 0 Å². The Balaban J connectivity index is 2.13. The van der Waals surface area contributed by atoms with Gasteiger partial charge in [0, 0.05) is 18.3 Å². The van der Waals surface area contributed by atoms with E-state index in [0.717, 1.165) is 22.6 Å². The van der Waals surface area contributed by atoms with Gasteiger partial charge in [-0.25, -0.2) is 0 Å². The molecule has 0 aliphatic heterocycles. The van der Waals surface area contributed by atoms with Crippen molar-refractivity contribution in [2.75, 3.05) is 19.1 Å². The highest BCUT2D eigenvalue weighted by atomic mass is 32.1. The molecule has 0 radical (unpaired) electrons. The average molecular weight is 343 g/mol. The number of rotatable bonds is 6. The normalized spacial score (nSPS) is 10.1. The Kier molecular flexibility index (Phi) is 6.32. The minimum Gasteiger partial charge on any atom is -0.489 e. The smallest absolute Gasteiger partial charge is 0.312 e. The summed E-state index contributed by atoms with van der Waals surface area (Å²) < 4.78 is 10.6. The van der Waals surface area contributed by atoms with Gasteiger partial charge in [-0.05, 0) is 24.6 Å². The summed E-state index contributed by atoms with van der Waals surface area (Å²) in [6, 6.07) is 15.7. The number of carbonyl (C=O) groups excluding carboxylic acids is 1. The molecular formula is C19H21NO3S. The number of hydrogen-bond donors (Lipinski definition) is 0. The lowest BCUT2D eigenvalue weighted by Gasteiger charge is -2.23. The average Bonchev–Trinajstić information content (AvgIpc) is 2.60. The Hall–Kier alpha value is -2.40. The van der Waals surface area contributed by atoms with Crippen molar-refractivity contribution >= 4 is 28.9 Å². The van der Waals surface area contributed by atoms with Crippen LogP contribution < -0.4 is 9.64 Å². The Morgan fingerprint density at radius 2 is 1.79 bits per heavy atom. The third kappa shape index (κ3) is 4.55. The van der Waals surface area contributed by atoms with Crippen LogP contribution in [0.3, 0.4) is 0 Å². The molecule has 0 saturated carbocycles. The highest BCUT2D eigenvalue weighted by Crippen LogP contribution is 2.24. The first-order chi connectivity index (χ1) is 11.5. The first-order valence-corrected chi connectivity index (χ1v) is 8.03. The molecule has 0 aromatic heterocycles. The lowest BCUT2D eigenvalue weighted by Crippen LogP contribution is -2.28. The molecule has 0 unspecified atom stereocenters. The molecule has 0 fully saturated rings. The van der Waals surface area contributed by atoms with E-state index in [0.29, 0.717) is 11.6 Å². The summed E-state index contributed by atoms with van der Waals surface area (Å²) in [5.74, 6) is 0.507. The van der Waals surface area contributed by atoms with Crippen LogP contribution in [-0.2, 0) is 16.1 Å². The number of thiocarbonyl (C=S) groups is 1. The first-order valence-electron chi connectivity index (χ1n) is 7.62. The second kappa shape index (κ2) is 8.45. The van der Waals surface area contributed by atoms with E-state index in [9.17, 15) is 4.79 Å². The molecule has 126 valence electrons. The Labute approximate surface area is 148 Å². The molecule has 5 heteroatoms. The van der Waals surface area contributed by atoms with Crippen LogP contribution in [0.1, 0.15) is 17.5 Å². The molecule has 24 heavy (non-hydrogen) atoms. The van der Waals surface area contributed by atoms with Gasteiger partial charge in [0.05, 0.1) is 18.5 Å². The van der Waals surface area contributed by atoms with Gasteiger partial charge in [-0.3, -0.25) is 4.79 Å². The van der Waals surface area contributed by atoms with E-state index in [1.165, 1.54) is 7.11 Å². The minimum absolute atomic E-state index is 0.0787. The van der Waals surface area contributed by atoms with E-state index in [1.54, 1.807) is 0 Å². The van der Waals surface area contributed by atoms with Crippen molar-refractivity contribution in [3.63, 3.8) is 0 Å². The SMILES string of the molecule is COC(=O)CC(=S)N(C)c1ccccc1COc1ccccc1C. The number of benzene rings is 2. The zero-order valence-corrected chi connectivity index (χ0v) is 14.9. The summed E-state index contributed by atoms with van der Waals surface area (Å²) in [5.41, 5.74) is 3.00. The van der Waals surface area contributed by atoms with Gasteiger partial charge in [-0.2, -0.15) is 0 Å². The van der Waals surface area contributed by atoms with E-state index in [-0.39, 0.29) is 12.4 Å². The Bertz CT molecular complexity index is 730. The molecule has 0 bridgehead atoms.